The van der Waals surface area contributed by atoms with Crippen molar-refractivity contribution in [2.45, 2.75) is 13.1 Å². The molecule has 0 atom stereocenters. The summed E-state index contributed by atoms with van der Waals surface area (Å²) in [4.78, 5) is 24.6. The van der Waals surface area contributed by atoms with Gasteiger partial charge in [-0.1, -0.05) is 24.3 Å². The van der Waals surface area contributed by atoms with E-state index in [1.165, 1.54) is 0 Å². The standard InChI is InChI=1S/C24H24N2O4/c1-29-21-10-6-19(7-11-21)23(27)25-15-17-4-3-5-18(14-17)16-26-24(28)20-8-12-22(30-2)13-9-20/h3-14H,15-16H2,1-2H3,(H,25,27)(H,26,28). The summed E-state index contributed by atoms with van der Waals surface area (Å²) in [7, 11) is 3.17. The molecule has 3 rings (SSSR count). The van der Waals surface area contributed by atoms with Crippen molar-refractivity contribution in [3.63, 3.8) is 0 Å². The highest BCUT2D eigenvalue weighted by Gasteiger charge is 2.07. The third kappa shape index (κ3) is 5.61. The molecule has 3 aromatic rings. The molecule has 2 amide bonds. The van der Waals surface area contributed by atoms with Gasteiger partial charge >= 0.3 is 0 Å². The van der Waals surface area contributed by atoms with Crippen LogP contribution in [0.5, 0.6) is 11.5 Å². The molecular formula is C24H24N2O4. The molecule has 0 saturated carbocycles. The van der Waals surface area contributed by atoms with Crippen molar-refractivity contribution in [1.82, 2.24) is 10.6 Å². The Bertz CT molecular complexity index is 920. The maximum atomic E-state index is 12.3. The molecule has 6 heteroatoms. The van der Waals surface area contributed by atoms with Gasteiger partial charge in [-0.15, -0.1) is 0 Å². The largest absolute Gasteiger partial charge is 0.497 e. The van der Waals surface area contributed by atoms with Gasteiger partial charge in [0.2, 0.25) is 0 Å². The molecule has 30 heavy (non-hydrogen) atoms. The minimum Gasteiger partial charge on any atom is -0.497 e. The fourth-order valence-electron chi connectivity index (χ4n) is 2.90. The number of hydrogen-bond acceptors (Lipinski definition) is 4. The highest BCUT2D eigenvalue weighted by Crippen LogP contribution is 2.13. The van der Waals surface area contributed by atoms with E-state index in [1.54, 1.807) is 62.8 Å². The molecular weight excluding hydrogens is 380 g/mol. The summed E-state index contributed by atoms with van der Waals surface area (Å²) in [6.07, 6.45) is 0. The second-order valence-electron chi connectivity index (χ2n) is 6.64. The number of rotatable bonds is 8. The Balaban J connectivity index is 1.53. The average molecular weight is 404 g/mol. The number of hydrogen-bond donors (Lipinski definition) is 2. The summed E-state index contributed by atoms with van der Waals surface area (Å²) in [5, 5.41) is 5.81. The lowest BCUT2D eigenvalue weighted by Gasteiger charge is -2.09. The predicted octanol–water partition coefficient (Wildman–Crippen LogP) is 3.56. The van der Waals surface area contributed by atoms with E-state index in [0.29, 0.717) is 35.7 Å². The van der Waals surface area contributed by atoms with Gasteiger partial charge in [-0.25, -0.2) is 0 Å². The Morgan fingerprint density at radius 1 is 0.667 bits per heavy atom. The molecule has 0 fully saturated rings. The van der Waals surface area contributed by atoms with E-state index in [9.17, 15) is 9.59 Å². The molecule has 0 bridgehead atoms. The fraction of sp³-hybridized carbons (Fsp3) is 0.167. The Kier molecular flexibility index (Phi) is 7.05. The maximum Gasteiger partial charge on any atom is 0.251 e. The summed E-state index contributed by atoms with van der Waals surface area (Å²) in [5.41, 5.74) is 3.04. The van der Waals surface area contributed by atoms with E-state index in [4.69, 9.17) is 9.47 Å². The van der Waals surface area contributed by atoms with Crippen molar-refractivity contribution in [3.05, 3.63) is 95.1 Å². The molecule has 0 aromatic heterocycles. The Morgan fingerprint density at radius 2 is 1.07 bits per heavy atom. The first-order valence-corrected chi connectivity index (χ1v) is 9.51. The van der Waals surface area contributed by atoms with Crippen LogP contribution in [-0.2, 0) is 13.1 Å². The molecule has 154 valence electrons. The van der Waals surface area contributed by atoms with E-state index in [2.05, 4.69) is 10.6 Å². The summed E-state index contributed by atoms with van der Waals surface area (Å²) in [5.74, 6) is 1.10. The first-order valence-electron chi connectivity index (χ1n) is 9.51. The van der Waals surface area contributed by atoms with Crippen LogP contribution in [0, 0.1) is 0 Å². The molecule has 0 heterocycles. The third-order valence-corrected chi connectivity index (χ3v) is 4.60. The van der Waals surface area contributed by atoms with Crippen LogP contribution in [-0.4, -0.2) is 26.0 Å². The minimum absolute atomic E-state index is 0.157. The van der Waals surface area contributed by atoms with E-state index in [0.717, 1.165) is 11.1 Å². The number of nitrogens with one attached hydrogen (secondary N) is 2. The monoisotopic (exact) mass is 404 g/mol. The van der Waals surface area contributed by atoms with Crippen molar-refractivity contribution in [2.75, 3.05) is 14.2 Å². The predicted molar refractivity (Wildman–Crippen MR) is 115 cm³/mol. The zero-order chi connectivity index (χ0) is 21.3. The van der Waals surface area contributed by atoms with E-state index < -0.39 is 0 Å². The van der Waals surface area contributed by atoms with Gasteiger partial charge in [0.1, 0.15) is 11.5 Å². The van der Waals surface area contributed by atoms with Crippen LogP contribution < -0.4 is 20.1 Å². The first-order chi connectivity index (χ1) is 14.6. The van der Waals surface area contributed by atoms with Crippen LogP contribution in [0.2, 0.25) is 0 Å². The summed E-state index contributed by atoms with van der Waals surface area (Å²) >= 11 is 0. The second kappa shape index (κ2) is 10.1. The molecule has 0 unspecified atom stereocenters. The van der Waals surface area contributed by atoms with Gasteiger partial charge in [0.15, 0.2) is 0 Å². The molecule has 6 nitrogen and oxygen atoms in total. The number of methoxy groups -OCH3 is 2. The smallest absolute Gasteiger partial charge is 0.251 e. The zero-order valence-corrected chi connectivity index (χ0v) is 17.0. The number of amides is 2. The van der Waals surface area contributed by atoms with Gasteiger partial charge in [0.25, 0.3) is 11.8 Å². The SMILES string of the molecule is COc1ccc(C(=O)NCc2cccc(CNC(=O)c3ccc(OC)cc3)c2)cc1. The zero-order valence-electron chi connectivity index (χ0n) is 17.0. The van der Waals surface area contributed by atoms with Crippen molar-refractivity contribution in [2.24, 2.45) is 0 Å². The lowest BCUT2D eigenvalue weighted by molar-refractivity contribution is 0.0943. The molecule has 2 N–H and O–H groups in total. The lowest BCUT2D eigenvalue weighted by atomic mass is 10.1. The quantitative estimate of drug-likeness (QED) is 0.602. The molecule has 0 aliphatic carbocycles. The second-order valence-corrected chi connectivity index (χ2v) is 6.64. The first kappa shape index (κ1) is 20.9. The van der Waals surface area contributed by atoms with Gasteiger partial charge in [-0.2, -0.15) is 0 Å². The normalized spacial score (nSPS) is 10.2. The van der Waals surface area contributed by atoms with Crippen LogP contribution in [0.15, 0.2) is 72.8 Å². The van der Waals surface area contributed by atoms with E-state index in [1.807, 2.05) is 24.3 Å². The summed E-state index contributed by atoms with van der Waals surface area (Å²) < 4.78 is 10.2. The van der Waals surface area contributed by atoms with Gasteiger partial charge in [-0.05, 0) is 59.7 Å². The number of ether oxygens (including phenoxy) is 2. The fourth-order valence-corrected chi connectivity index (χ4v) is 2.90. The molecule has 0 saturated heterocycles. The minimum atomic E-state index is -0.157. The van der Waals surface area contributed by atoms with Crippen LogP contribution in [0.25, 0.3) is 0 Å². The highest BCUT2D eigenvalue weighted by atomic mass is 16.5. The topological polar surface area (TPSA) is 76.7 Å². The molecule has 0 spiro atoms. The van der Waals surface area contributed by atoms with Crippen molar-refractivity contribution in [1.29, 1.82) is 0 Å². The van der Waals surface area contributed by atoms with E-state index in [-0.39, 0.29) is 11.8 Å². The van der Waals surface area contributed by atoms with Crippen LogP contribution in [0.4, 0.5) is 0 Å². The third-order valence-electron chi connectivity index (χ3n) is 4.60. The Labute approximate surface area is 175 Å². The van der Waals surface area contributed by atoms with Crippen molar-refractivity contribution >= 4 is 11.8 Å². The lowest BCUT2D eigenvalue weighted by Crippen LogP contribution is -2.24. The van der Waals surface area contributed by atoms with E-state index >= 15 is 0 Å². The van der Waals surface area contributed by atoms with Gasteiger partial charge in [0.05, 0.1) is 14.2 Å². The highest BCUT2D eigenvalue weighted by molar-refractivity contribution is 5.94. The average Bonchev–Trinajstić information content (AvgIpc) is 2.81. The Hall–Kier alpha value is -3.80. The summed E-state index contributed by atoms with van der Waals surface area (Å²) in [6.45, 7) is 0.788. The molecule has 0 radical (unpaired) electrons. The summed E-state index contributed by atoms with van der Waals surface area (Å²) in [6, 6.07) is 21.6. The van der Waals surface area contributed by atoms with Gasteiger partial charge in [0, 0.05) is 24.2 Å². The van der Waals surface area contributed by atoms with Crippen LogP contribution >= 0.6 is 0 Å². The Morgan fingerprint density at radius 3 is 1.43 bits per heavy atom. The van der Waals surface area contributed by atoms with Crippen molar-refractivity contribution < 1.29 is 19.1 Å². The van der Waals surface area contributed by atoms with Crippen LogP contribution in [0.3, 0.4) is 0 Å². The number of carbonyl (C=O) groups is 2. The molecule has 3 aromatic carbocycles. The number of carbonyl (C=O) groups excluding carboxylic acids is 2. The molecule has 0 aliphatic rings. The maximum absolute atomic E-state index is 12.3. The molecule has 0 aliphatic heterocycles. The van der Waals surface area contributed by atoms with Crippen molar-refractivity contribution in [3.8, 4) is 11.5 Å². The number of benzene rings is 3. The van der Waals surface area contributed by atoms with Gasteiger partial charge < -0.3 is 20.1 Å². The van der Waals surface area contributed by atoms with Gasteiger partial charge in [-0.3, -0.25) is 9.59 Å². The van der Waals surface area contributed by atoms with Crippen LogP contribution in [0.1, 0.15) is 31.8 Å².